The monoisotopic (exact) mass is 460 g/mol. The summed E-state index contributed by atoms with van der Waals surface area (Å²) in [7, 11) is 0. The minimum absolute atomic E-state index is 0.165. The Labute approximate surface area is 196 Å². The Hall–Kier alpha value is -3.90. The molecule has 7 heteroatoms. The molecule has 166 valence electrons. The van der Waals surface area contributed by atoms with Crippen LogP contribution in [0.4, 0.5) is 10.5 Å². The summed E-state index contributed by atoms with van der Waals surface area (Å²) in [6.45, 7) is 4.15. The SMILES string of the molecule is Cc1ccc(COc2ccc(/C=C3\C(=O)NC(=O)N(c4ccccc4C)C3=O)cc2Cl)cc1. The lowest BCUT2D eigenvalue weighted by molar-refractivity contribution is -0.122. The molecule has 3 aromatic carbocycles. The third-order valence-electron chi connectivity index (χ3n) is 5.24. The molecule has 1 heterocycles. The molecule has 1 aliphatic rings. The van der Waals surface area contributed by atoms with Crippen LogP contribution in [0.3, 0.4) is 0 Å². The number of halogens is 1. The molecule has 1 N–H and O–H groups in total. The number of ether oxygens (including phenoxy) is 1. The molecule has 6 nitrogen and oxygen atoms in total. The van der Waals surface area contributed by atoms with Gasteiger partial charge in [-0.25, -0.2) is 9.69 Å². The lowest BCUT2D eigenvalue weighted by atomic mass is 10.1. The number of carbonyl (C=O) groups is 3. The van der Waals surface area contributed by atoms with E-state index < -0.39 is 17.8 Å². The zero-order valence-corrected chi connectivity index (χ0v) is 18.8. The van der Waals surface area contributed by atoms with Crippen LogP contribution >= 0.6 is 11.6 Å². The summed E-state index contributed by atoms with van der Waals surface area (Å²) in [6, 6.07) is 19.1. The maximum Gasteiger partial charge on any atom is 0.335 e. The number of amides is 4. The Morgan fingerprint density at radius 2 is 1.70 bits per heavy atom. The Morgan fingerprint density at radius 3 is 2.39 bits per heavy atom. The number of imide groups is 2. The number of urea groups is 1. The Balaban J connectivity index is 1.57. The quantitative estimate of drug-likeness (QED) is 0.419. The predicted molar refractivity (Wildman–Crippen MR) is 127 cm³/mol. The number of carbonyl (C=O) groups excluding carboxylic acids is 3. The highest BCUT2D eigenvalue weighted by atomic mass is 35.5. The fourth-order valence-electron chi connectivity index (χ4n) is 3.43. The third-order valence-corrected chi connectivity index (χ3v) is 5.54. The number of hydrogen-bond acceptors (Lipinski definition) is 4. The van der Waals surface area contributed by atoms with Crippen molar-refractivity contribution in [2.75, 3.05) is 4.90 Å². The van der Waals surface area contributed by atoms with E-state index in [1.54, 1.807) is 49.4 Å². The summed E-state index contributed by atoms with van der Waals surface area (Å²) in [6.07, 6.45) is 1.41. The summed E-state index contributed by atoms with van der Waals surface area (Å²) in [5, 5.41) is 2.57. The molecule has 4 rings (SSSR count). The first kappa shape index (κ1) is 22.3. The average molecular weight is 461 g/mol. The first-order valence-electron chi connectivity index (χ1n) is 10.3. The first-order valence-corrected chi connectivity index (χ1v) is 10.7. The van der Waals surface area contributed by atoms with Gasteiger partial charge >= 0.3 is 6.03 Å². The third kappa shape index (κ3) is 4.81. The highest BCUT2D eigenvalue weighted by Gasteiger charge is 2.37. The molecule has 3 aromatic rings. The molecule has 0 aliphatic carbocycles. The smallest absolute Gasteiger partial charge is 0.335 e. The second-order valence-electron chi connectivity index (χ2n) is 7.71. The number of nitrogens with zero attached hydrogens (tertiary/aromatic N) is 1. The van der Waals surface area contributed by atoms with Gasteiger partial charge in [-0.3, -0.25) is 14.9 Å². The molecule has 1 aliphatic heterocycles. The minimum Gasteiger partial charge on any atom is -0.487 e. The average Bonchev–Trinajstić information content (AvgIpc) is 2.78. The fraction of sp³-hybridized carbons (Fsp3) is 0.115. The van der Waals surface area contributed by atoms with Crippen LogP contribution in [0.15, 0.2) is 72.3 Å². The lowest BCUT2D eigenvalue weighted by Gasteiger charge is -2.27. The van der Waals surface area contributed by atoms with Crippen molar-refractivity contribution < 1.29 is 19.1 Å². The second-order valence-corrected chi connectivity index (χ2v) is 8.12. The number of benzene rings is 3. The molecule has 33 heavy (non-hydrogen) atoms. The van der Waals surface area contributed by atoms with Crippen molar-refractivity contribution in [3.63, 3.8) is 0 Å². The van der Waals surface area contributed by atoms with Gasteiger partial charge in [-0.1, -0.05) is 65.7 Å². The Bertz CT molecular complexity index is 1280. The van der Waals surface area contributed by atoms with E-state index in [0.29, 0.717) is 28.6 Å². The van der Waals surface area contributed by atoms with E-state index in [1.165, 1.54) is 6.08 Å². The highest BCUT2D eigenvalue weighted by molar-refractivity contribution is 6.39. The van der Waals surface area contributed by atoms with E-state index in [-0.39, 0.29) is 5.57 Å². The molecule has 0 atom stereocenters. The molecule has 0 spiro atoms. The Kier molecular flexibility index (Phi) is 6.29. The van der Waals surface area contributed by atoms with Crippen LogP contribution in [0.25, 0.3) is 6.08 Å². The van der Waals surface area contributed by atoms with Crippen molar-refractivity contribution in [3.8, 4) is 5.75 Å². The molecule has 0 unspecified atom stereocenters. The van der Waals surface area contributed by atoms with Gasteiger partial charge in [-0.2, -0.15) is 0 Å². The van der Waals surface area contributed by atoms with Crippen molar-refractivity contribution in [1.29, 1.82) is 0 Å². The van der Waals surface area contributed by atoms with Crippen LogP contribution in [0, 0.1) is 13.8 Å². The second kappa shape index (κ2) is 9.30. The number of para-hydroxylation sites is 1. The molecule has 0 saturated carbocycles. The highest BCUT2D eigenvalue weighted by Crippen LogP contribution is 2.29. The molecular weight excluding hydrogens is 440 g/mol. The van der Waals surface area contributed by atoms with Gasteiger partial charge in [0.05, 0.1) is 10.7 Å². The van der Waals surface area contributed by atoms with Crippen molar-refractivity contribution in [1.82, 2.24) is 5.32 Å². The van der Waals surface area contributed by atoms with E-state index in [2.05, 4.69) is 5.32 Å². The van der Waals surface area contributed by atoms with Crippen molar-refractivity contribution in [2.24, 2.45) is 0 Å². The van der Waals surface area contributed by atoms with Gasteiger partial charge in [0.25, 0.3) is 11.8 Å². The predicted octanol–water partition coefficient (Wildman–Crippen LogP) is 5.20. The van der Waals surface area contributed by atoms with Crippen molar-refractivity contribution in [3.05, 3.63) is 99.6 Å². The summed E-state index contributed by atoms with van der Waals surface area (Å²) >= 11 is 6.38. The molecule has 0 bridgehead atoms. The summed E-state index contributed by atoms with van der Waals surface area (Å²) < 4.78 is 5.80. The molecule has 0 radical (unpaired) electrons. The maximum absolute atomic E-state index is 13.1. The number of rotatable bonds is 5. The summed E-state index contributed by atoms with van der Waals surface area (Å²) in [5.74, 6) is -0.977. The zero-order chi connectivity index (χ0) is 23.5. The maximum atomic E-state index is 13.1. The molecule has 1 fully saturated rings. The van der Waals surface area contributed by atoms with E-state index in [9.17, 15) is 14.4 Å². The topological polar surface area (TPSA) is 75.7 Å². The molecule has 1 saturated heterocycles. The van der Waals surface area contributed by atoms with Crippen LogP contribution in [-0.4, -0.2) is 17.8 Å². The van der Waals surface area contributed by atoms with Crippen molar-refractivity contribution >= 4 is 41.2 Å². The van der Waals surface area contributed by atoms with Gasteiger partial charge in [-0.15, -0.1) is 0 Å². The van der Waals surface area contributed by atoms with Gasteiger partial charge in [0.2, 0.25) is 0 Å². The number of barbiturate groups is 1. The number of aryl methyl sites for hydroxylation is 2. The zero-order valence-electron chi connectivity index (χ0n) is 18.1. The molecule has 4 amide bonds. The standard InChI is InChI=1S/C26H21ClN2O4/c1-16-7-9-18(10-8-16)15-33-23-12-11-19(14-21(23)27)13-20-24(30)28-26(32)29(25(20)31)22-6-4-3-5-17(22)2/h3-14H,15H2,1-2H3,(H,28,30,32)/b20-13+. The van der Waals surface area contributed by atoms with Gasteiger partial charge < -0.3 is 4.74 Å². The number of hydrogen-bond donors (Lipinski definition) is 1. The van der Waals surface area contributed by atoms with Crippen LogP contribution in [0.5, 0.6) is 5.75 Å². The Morgan fingerprint density at radius 1 is 0.970 bits per heavy atom. The van der Waals surface area contributed by atoms with E-state index >= 15 is 0 Å². The van der Waals surface area contributed by atoms with Gasteiger partial charge in [0.1, 0.15) is 17.9 Å². The van der Waals surface area contributed by atoms with Crippen molar-refractivity contribution in [2.45, 2.75) is 20.5 Å². The van der Waals surface area contributed by atoms with Gasteiger partial charge in [0, 0.05) is 0 Å². The van der Waals surface area contributed by atoms with E-state index in [4.69, 9.17) is 16.3 Å². The lowest BCUT2D eigenvalue weighted by Crippen LogP contribution is -2.54. The fourth-order valence-corrected chi connectivity index (χ4v) is 3.67. The van der Waals surface area contributed by atoms with Crippen LogP contribution in [0.2, 0.25) is 5.02 Å². The molecular formula is C26H21ClN2O4. The summed E-state index contributed by atoms with van der Waals surface area (Å²) in [4.78, 5) is 38.8. The number of anilines is 1. The number of nitrogens with one attached hydrogen (secondary N) is 1. The van der Waals surface area contributed by atoms with Gasteiger partial charge in [0.15, 0.2) is 0 Å². The van der Waals surface area contributed by atoms with E-state index in [0.717, 1.165) is 21.6 Å². The normalized spacial score (nSPS) is 15.1. The largest absolute Gasteiger partial charge is 0.487 e. The molecule has 0 aromatic heterocycles. The first-order chi connectivity index (χ1) is 15.8. The van der Waals surface area contributed by atoms with Gasteiger partial charge in [-0.05, 0) is 54.8 Å². The minimum atomic E-state index is -0.783. The van der Waals surface area contributed by atoms with E-state index in [1.807, 2.05) is 31.2 Å². The van der Waals surface area contributed by atoms with Crippen LogP contribution < -0.4 is 15.0 Å². The van der Waals surface area contributed by atoms with Crippen LogP contribution in [-0.2, 0) is 16.2 Å². The van der Waals surface area contributed by atoms with Crippen LogP contribution in [0.1, 0.15) is 22.3 Å². The summed E-state index contributed by atoms with van der Waals surface area (Å²) in [5.41, 5.74) is 3.68.